The molecule has 3 aromatic rings. The number of nitrogens with zero attached hydrogens (tertiary/aromatic N) is 2. The van der Waals surface area contributed by atoms with Gasteiger partial charge in [-0.05, 0) is 54.4 Å². The number of aryl methyl sites for hydroxylation is 1. The number of nitrogens with one attached hydrogen (secondary N) is 1. The highest BCUT2D eigenvalue weighted by Gasteiger charge is 2.46. The van der Waals surface area contributed by atoms with Gasteiger partial charge in [0.1, 0.15) is 5.82 Å². The van der Waals surface area contributed by atoms with Crippen LogP contribution in [0.1, 0.15) is 27.0 Å². The van der Waals surface area contributed by atoms with E-state index >= 15 is 0 Å². The van der Waals surface area contributed by atoms with Crippen molar-refractivity contribution in [1.82, 2.24) is 14.5 Å². The van der Waals surface area contributed by atoms with Crippen molar-refractivity contribution in [1.29, 1.82) is 0 Å². The Labute approximate surface area is 209 Å². The maximum Gasteiger partial charge on any atom is 0.259 e. The monoisotopic (exact) mass is 510 g/mol. The minimum atomic E-state index is -4.20. The summed E-state index contributed by atoms with van der Waals surface area (Å²) in [5, 5.41) is 2.76. The summed E-state index contributed by atoms with van der Waals surface area (Å²) in [6.07, 6.45) is -1.41. The molecular weight excluding hydrogens is 483 g/mol. The van der Waals surface area contributed by atoms with Gasteiger partial charge in [-0.3, -0.25) is 9.59 Å². The summed E-state index contributed by atoms with van der Waals surface area (Å²) < 4.78 is 41.3. The van der Waals surface area contributed by atoms with Gasteiger partial charge in [-0.15, -0.1) is 0 Å². The Bertz CT molecular complexity index is 1380. The van der Waals surface area contributed by atoms with E-state index in [0.29, 0.717) is 12.1 Å². The van der Waals surface area contributed by atoms with Crippen LogP contribution in [0.15, 0.2) is 77.7 Å². The topological polar surface area (TPSA) is 113 Å². The Morgan fingerprint density at radius 3 is 2.39 bits per heavy atom. The fourth-order valence-corrected chi connectivity index (χ4v) is 5.72. The van der Waals surface area contributed by atoms with E-state index in [4.69, 9.17) is 5.73 Å². The van der Waals surface area contributed by atoms with Crippen molar-refractivity contribution in [3.63, 3.8) is 0 Å². The maximum absolute atomic E-state index is 13.4. The molecule has 3 N–H and O–H groups in total. The first kappa shape index (κ1) is 25.5. The average molecular weight is 511 g/mol. The summed E-state index contributed by atoms with van der Waals surface area (Å²) >= 11 is 0. The second kappa shape index (κ2) is 10.6. The second-order valence-electron chi connectivity index (χ2n) is 8.55. The van der Waals surface area contributed by atoms with Crippen LogP contribution in [0.5, 0.6) is 0 Å². The van der Waals surface area contributed by atoms with Crippen LogP contribution in [0.25, 0.3) is 0 Å². The fourth-order valence-electron chi connectivity index (χ4n) is 4.18. The highest BCUT2D eigenvalue weighted by Crippen LogP contribution is 2.26. The summed E-state index contributed by atoms with van der Waals surface area (Å²) in [6.45, 7) is 2.24. The largest absolute Gasteiger partial charge is 0.349 e. The van der Waals surface area contributed by atoms with Crippen molar-refractivity contribution in [2.75, 3.05) is 13.1 Å². The zero-order valence-electron chi connectivity index (χ0n) is 19.7. The molecule has 10 heteroatoms. The van der Waals surface area contributed by atoms with Crippen molar-refractivity contribution in [2.24, 2.45) is 5.73 Å². The lowest BCUT2D eigenvalue weighted by Gasteiger charge is -2.29. The lowest BCUT2D eigenvalue weighted by Crippen LogP contribution is -2.53. The molecule has 188 valence electrons. The minimum absolute atomic E-state index is 0.0218. The third-order valence-electron chi connectivity index (χ3n) is 6.00. The first-order valence-electron chi connectivity index (χ1n) is 11.4. The standard InChI is InChI=1S/C26H27FN4O4S/c1-18-4-2-7-21(14-18)26(33)30-12-13-31(36(34,35)23-10-8-22(27)9-11-23)25(30)24(32)29-17-20-6-3-5-19(15-20)16-28/h2-11,14-15,25H,12-13,16-17,28H2,1H3,(H,29,32). The van der Waals surface area contributed by atoms with Crippen LogP contribution in [0.3, 0.4) is 0 Å². The normalized spacial score (nSPS) is 16.2. The molecule has 0 radical (unpaired) electrons. The third-order valence-corrected chi connectivity index (χ3v) is 7.87. The van der Waals surface area contributed by atoms with Crippen molar-refractivity contribution in [2.45, 2.75) is 31.1 Å². The highest BCUT2D eigenvalue weighted by atomic mass is 32.2. The van der Waals surface area contributed by atoms with Crippen LogP contribution in [-0.2, 0) is 27.9 Å². The van der Waals surface area contributed by atoms with Crippen LogP contribution in [0, 0.1) is 12.7 Å². The summed E-state index contributed by atoms with van der Waals surface area (Å²) in [4.78, 5) is 27.9. The molecule has 1 fully saturated rings. The molecule has 1 saturated heterocycles. The molecule has 0 saturated carbocycles. The van der Waals surface area contributed by atoms with Gasteiger partial charge in [-0.25, -0.2) is 12.8 Å². The van der Waals surface area contributed by atoms with Crippen molar-refractivity contribution < 1.29 is 22.4 Å². The summed E-state index contributed by atoms with van der Waals surface area (Å²) in [5.41, 5.74) is 8.58. The molecule has 8 nitrogen and oxygen atoms in total. The average Bonchev–Trinajstić information content (AvgIpc) is 3.33. The number of sulfonamides is 1. The number of carbonyl (C=O) groups is 2. The molecular formula is C26H27FN4O4S. The van der Waals surface area contributed by atoms with Gasteiger partial charge in [0, 0.05) is 31.7 Å². The quantitative estimate of drug-likeness (QED) is 0.507. The van der Waals surface area contributed by atoms with Gasteiger partial charge >= 0.3 is 0 Å². The molecule has 0 aliphatic carbocycles. The zero-order valence-corrected chi connectivity index (χ0v) is 20.5. The van der Waals surface area contributed by atoms with Crippen molar-refractivity contribution in [3.05, 3.63) is 101 Å². The van der Waals surface area contributed by atoms with E-state index in [1.165, 1.54) is 4.90 Å². The SMILES string of the molecule is Cc1cccc(C(=O)N2CCN(S(=O)(=O)c3ccc(F)cc3)C2C(=O)NCc2cccc(CN)c2)c1. The van der Waals surface area contributed by atoms with Gasteiger partial charge in [-0.1, -0.05) is 42.0 Å². The van der Waals surface area contributed by atoms with Gasteiger partial charge in [0.05, 0.1) is 4.90 Å². The number of carbonyl (C=O) groups excluding carboxylic acids is 2. The van der Waals surface area contributed by atoms with E-state index in [-0.39, 0.29) is 24.5 Å². The molecule has 2 amide bonds. The Kier molecular flexibility index (Phi) is 7.48. The highest BCUT2D eigenvalue weighted by molar-refractivity contribution is 7.89. The number of benzene rings is 3. The Balaban J connectivity index is 1.65. The Hall–Kier alpha value is -3.60. The second-order valence-corrected chi connectivity index (χ2v) is 10.4. The first-order chi connectivity index (χ1) is 17.2. The van der Waals surface area contributed by atoms with Crippen LogP contribution in [0.2, 0.25) is 0 Å². The summed E-state index contributed by atoms with van der Waals surface area (Å²) in [5.74, 6) is -1.68. The molecule has 0 bridgehead atoms. The molecule has 1 atom stereocenters. The van der Waals surface area contributed by atoms with Gasteiger partial charge in [0.2, 0.25) is 10.0 Å². The molecule has 4 rings (SSSR count). The van der Waals surface area contributed by atoms with Gasteiger partial charge in [0.25, 0.3) is 11.8 Å². The fraction of sp³-hybridized carbons (Fsp3) is 0.231. The number of hydrogen-bond acceptors (Lipinski definition) is 5. The molecule has 3 aromatic carbocycles. The number of amides is 2. The van der Waals surface area contributed by atoms with Gasteiger partial charge in [0.15, 0.2) is 6.17 Å². The number of nitrogens with two attached hydrogens (primary N) is 1. The number of halogens is 1. The summed E-state index contributed by atoms with van der Waals surface area (Å²) in [6, 6.07) is 18.6. The number of rotatable bonds is 7. The van der Waals surface area contributed by atoms with Crippen LogP contribution < -0.4 is 11.1 Å². The summed E-state index contributed by atoms with van der Waals surface area (Å²) in [7, 11) is -4.20. The van der Waals surface area contributed by atoms with Crippen LogP contribution >= 0.6 is 0 Å². The van der Waals surface area contributed by atoms with Crippen LogP contribution in [-0.4, -0.2) is 48.7 Å². The van der Waals surface area contributed by atoms with Gasteiger partial charge < -0.3 is 16.0 Å². The predicted molar refractivity (Wildman–Crippen MR) is 132 cm³/mol. The molecule has 0 aromatic heterocycles. The third kappa shape index (κ3) is 5.30. The molecule has 1 heterocycles. The molecule has 1 aliphatic heterocycles. The van der Waals surface area contributed by atoms with E-state index in [2.05, 4.69) is 5.32 Å². The van der Waals surface area contributed by atoms with E-state index in [1.54, 1.807) is 18.2 Å². The lowest BCUT2D eigenvalue weighted by molar-refractivity contribution is -0.127. The maximum atomic E-state index is 13.4. The molecule has 1 aliphatic rings. The minimum Gasteiger partial charge on any atom is -0.349 e. The zero-order chi connectivity index (χ0) is 25.9. The number of hydrogen-bond donors (Lipinski definition) is 2. The van der Waals surface area contributed by atoms with Crippen molar-refractivity contribution >= 4 is 21.8 Å². The van der Waals surface area contributed by atoms with E-state index in [9.17, 15) is 22.4 Å². The van der Waals surface area contributed by atoms with Crippen molar-refractivity contribution in [3.8, 4) is 0 Å². The van der Waals surface area contributed by atoms with Gasteiger partial charge in [-0.2, -0.15) is 4.31 Å². The van der Waals surface area contributed by atoms with E-state index < -0.39 is 33.8 Å². The molecule has 0 spiro atoms. The smallest absolute Gasteiger partial charge is 0.259 e. The lowest BCUT2D eigenvalue weighted by atomic mass is 10.1. The van der Waals surface area contributed by atoms with Crippen LogP contribution in [0.4, 0.5) is 4.39 Å². The van der Waals surface area contributed by atoms with E-state index in [0.717, 1.165) is 45.3 Å². The Morgan fingerprint density at radius 1 is 1.00 bits per heavy atom. The Morgan fingerprint density at radius 2 is 1.69 bits per heavy atom. The molecule has 1 unspecified atom stereocenters. The van der Waals surface area contributed by atoms with E-state index in [1.807, 2.05) is 37.3 Å². The predicted octanol–water partition coefficient (Wildman–Crippen LogP) is 2.38. The molecule has 36 heavy (non-hydrogen) atoms. The first-order valence-corrected chi connectivity index (χ1v) is 12.9.